The van der Waals surface area contributed by atoms with Gasteiger partial charge in [-0.15, -0.1) is 0 Å². The number of carbonyl (C=O) groups is 2. The van der Waals surface area contributed by atoms with Gasteiger partial charge in [-0.25, -0.2) is 0 Å². The van der Waals surface area contributed by atoms with Gasteiger partial charge in [-0.2, -0.15) is 0 Å². The normalized spacial score (nSPS) is 10.2. The molecule has 104 valence electrons. The zero-order chi connectivity index (χ0) is 14.4. The fourth-order valence-electron chi connectivity index (χ4n) is 1.73. The summed E-state index contributed by atoms with van der Waals surface area (Å²) < 4.78 is 5.21. The third-order valence-electron chi connectivity index (χ3n) is 2.51. The summed E-state index contributed by atoms with van der Waals surface area (Å²) in [5.74, 6) is 0.162. The first-order valence-corrected chi connectivity index (χ1v) is 6.16. The lowest BCUT2D eigenvalue weighted by molar-refractivity contribution is -0.123. The Morgan fingerprint density at radius 3 is 2.47 bits per heavy atom. The van der Waals surface area contributed by atoms with Crippen molar-refractivity contribution >= 4 is 17.5 Å². The number of para-hydroxylation sites is 2. The van der Waals surface area contributed by atoms with Crippen molar-refractivity contribution in [3.05, 3.63) is 24.3 Å². The number of anilines is 1. The molecule has 0 aliphatic heterocycles. The first-order chi connectivity index (χ1) is 8.95. The SMILES string of the molecule is COc1ccccc1N(CC(=O)NC(C)C)C(C)=O. The van der Waals surface area contributed by atoms with Crippen molar-refractivity contribution in [2.45, 2.75) is 26.8 Å². The maximum Gasteiger partial charge on any atom is 0.240 e. The van der Waals surface area contributed by atoms with Crippen LogP contribution in [0.25, 0.3) is 0 Å². The molecule has 0 bridgehead atoms. The molecule has 1 N–H and O–H groups in total. The Labute approximate surface area is 113 Å². The molecule has 1 rings (SSSR count). The van der Waals surface area contributed by atoms with Gasteiger partial charge in [0.2, 0.25) is 11.8 Å². The molecule has 0 aliphatic carbocycles. The van der Waals surface area contributed by atoms with E-state index in [-0.39, 0.29) is 24.4 Å². The smallest absolute Gasteiger partial charge is 0.240 e. The van der Waals surface area contributed by atoms with Crippen LogP contribution in [-0.4, -0.2) is 31.5 Å². The highest BCUT2D eigenvalue weighted by molar-refractivity contribution is 5.98. The van der Waals surface area contributed by atoms with Gasteiger partial charge in [0.05, 0.1) is 12.8 Å². The molecular formula is C14H20N2O3. The average Bonchev–Trinajstić information content (AvgIpc) is 2.34. The fourth-order valence-corrected chi connectivity index (χ4v) is 1.73. The van der Waals surface area contributed by atoms with Crippen LogP contribution in [0.15, 0.2) is 24.3 Å². The highest BCUT2D eigenvalue weighted by Crippen LogP contribution is 2.27. The van der Waals surface area contributed by atoms with Crippen molar-refractivity contribution in [1.82, 2.24) is 5.32 Å². The van der Waals surface area contributed by atoms with E-state index < -0.39 is 0 Å². The molecule has 0 aromatic heterocycles. The topological polar surface area (TPSA) is 58.6 Å². The number of nitrogens with zero attached hydrogens (tertiary/aromatic N) is 1. The molecule has 5 nitrogen and oxygen atoms in total. The van der Waals surface area contributed by atoms with Crippen molar-refractivity contribution in [2.24, 2.45) is 0 Å². The van der Waals surface area contributed by atoms with Crippen LogP contribution in [0.4, 0.5) is 5.69 Å². The zero-order valence-corrected chi connectivity index (χ0v) is 11.8. The molecule has 1 aromatic rings. The molecule has 0 aliphatic rings. The molecule has 0 spiro atoms. The third-order valence-corrected chi connectivity index (χ3v) is 2.51. The lowest BCUT2D eigenvalue weighted by Crippen LogP contribution is -2.42. The van der Waals surface area contributed by atoms with Gasteiger partial charge in [0.25, 0.3) is 0 Å². The summed E-state index contributed by atoms with van der Waals surface area (Å²) in [4.78, 5) is 24.9. The predicted octanol–water partition coefficient (Wildman–Crippen LogP) is 1.57. The second kappa shape index (κ2) is 6.78. The average molecular weight is 264 g/mol. The van der Waals surface area contributed by atoms with Gasteiger partial charge in [-0.05, 0) is 26.0 Å². The summed E-state index contributed by atoms with van der Waals surface area (Å²) in [5.41, 5.74) is 0.594. The first-order valence-electron chi connectivity index (χ1n) is 6.16. The summed E-state index contributed by atoms with van der Waals surface area (Å²) in [5, 5.41) is 2.76. The van der Waals surface area contributed by atoms with Crippen LogP contribution in [0, 0.1) is 0 Å². The van der Waals surface area contributed by atoms with E-state index in [9.17, 15) is 9.59 Å². The molecule has 2 amide bonds. The number of nitrogens with one attached hydrogen (secondary N) is 1. The van der Waals surface area contributed by atoms with E-state index in [0.29, 0.717) is 11.4 Å². The molecule has 0 saturated heterocycles. The van der Waals surface area contributed by atoms with Crippen molar-refractivity contribution in [3.63, 3.8) is 0 Å². The number of amides is 2. The van der Waals surface area contributed by atoms with Gasteiger partial charge in [-0.1, -0.05) is 12.1 Å². The first kappa shape index (κ1) is 15.0. The Balaban J connectivity index is 2.95. The summed E-state index contributed by atoms with van der Waals surface area (Å²) in [6.45, 7) is 5.15. The predicted molar refractivity (Wildman–Crippen MR) is 74.3 cm³/mol. The van der Waals surface area contributed by atoms with Gasteiger partial charge >= 0.3 is 0 Å². The molecular weight excluding hydrogens is 244 g/mol. The number of hydrogen-bond donors (Lipinski definition) is 1. The van der Waals surface area contributed by atoms with E-state index in [4.69, 9.17) is 4.74 Å². The fraction of sp³-hybridized carbons (Fsp3) is 0.429. The number of rotatable bonds is 5. The van der Waals surface area contributed by atoms with E-state index in [1.54, 1.807) is 18.2 Å². The van der Waals surface area contributed by atoms with Crippen LogP contribution in [0.3, 0.4) is 0 Å². The number of ether oxygens (including phenoxy) is 1. The number of hydrogen-bond acceptors (Lipinski definition) is 3. The summed E-state index contributed by atoms with van der Waals surface area (Å²) in [7, 11) is 1.53. The largest absolute Gasteiger partial charge is 0.495 e. The third kappa shape index (κ3) is 4.28. The highest BCUT2D eigenvalue weighted by atomic mass is 16.5. The van der Waals surface area contributed by atoms with Crippen LogP contribution in [0.5, 0.6) is 5.75 Å². The molecule has 0 saturated carbocycles. The molecule has 1 aromatic carbocycles. The molecule has 5 heteroatoms. The minimum atomic E-state index is -0.205. The van der Waals surface area contributed by atoms with E-state index in [1.807, 2.05) is 19.9 Å². The van der Waals surface area contributed by atoms with Crippen LogP contribution in [-0.2, 0) is 9.59 Å². The van der Waals surface area contributed by atoms with Crippen LogP contribution in [0.1, 0.15) is 20.8 Å². The Morgan fingerprint density at radius 1 is 1.32 bits per heavy atom. The highest BCUT2D eigenvalue weighted by Gasteiger charge is 2.19. The molecule has 0 fully saturated rings. The van der Waals surface area contributed by atoms with Gasteiger partial charge in [0.15, 0.2) is 0 Å². The minimum absolute atomic E-state index is 0.0200. The molecule has 19 heavy (non-hydrogen) atoms. The maximum atomic E-state index is 11.8. The number of methoxy groups -OCH3 is 1. The van der Waals surface area contributed by atoms with Crippen LogP contribution >= 0.6 is 0 Å². The van der Waals surface area contributed by atoms with Gasteiger partial charge < -0.3 is 10.1 Å². The summed E-state index contributed by atoms with van der Waals surface area (Å²) in [6, 6.07) is 7.16. The quantitative estimate of drug-likeness (QED) is 0.878. The standard InChI is InChI=1S/C14H20N2O3/c1-10(2)15-14(18)9-16(11(3)17)12-7-5-6-8-13(12)19-4/h5-8,10H,9H2,1-4H3,(H,15,18). The van der Waals surface area contributed by atoms with Crippen molar-refractivity contribution in [2.75, 3.05) is 18.6 Å². The van der Waals surface area contributed by atoms with E-state index in [1.165, 1.54) is 18.9 Å². The molecule has 0 atom stereocenters. The van der Waals surface area contributed by atoms with Crippen molar-refractivity contribution < 1.29 is 14.3 Å². The van der Waals surface area contributed by atoms with Crippen LogP contribution < -0.4 is 15.0 Å². The number of benzene rings is 1. The van der Waals surface area contributed by atoms with E-state index in [2.05, 4.69) is 5.32 Å². The van der Waals surface area contributed by atoms with Crippen molar-refractivity contribution in [3.8, 4) is 5.75 Å². The molecule has 0 heterocycles. The van der Waals surface area contributed by atoms with Crippen molar-refractivity contribution in [1.29, 1.82) is 0 Å². The Kier molecular flexibility index (Phi) is 5.36. The van der Waals surface area contributed by atoms with Gasteiger partial charge in [0.1, 0.15) is 12.3 Å². The molecule has 0 radical (unpaired) electrons. The maximum absolute atomic E-state index is 11.8. The summed E-state index contributed by atoms with van der Waals surface area (Å²) in [6.07, 6.45) is 0. The van der Waals surface area contributed by atoms with Crippen LogP contribution in [0.2, 0.25) is 0 Å². The van der Waals surface area contributed by atoms with E-state index >= 15 is 0 Å². The second-order valence-electron chi connectivity index (χ2n) is 4.50. The van der Waals surface area contributed by atoms with E-state index in [0.717, 1.165) is 0 Å². The zero-order valence-electron chi connectivity index (χ0n) is 11.8. The monoisotopic (exact) mass is 264 g/mol. The minimum Gasteiger partial charge on any atom is -0.495 e. The second-order valence-corrected chi connectivity index (χ2v) is 4.50. The summed E-state index contributed by atoms with van der Waals surface area (Å²) >= 11 is 0. The van der Waals surface area contributed by atoms with Gasteiger partial charge in [-0.3, -0.25) is 14.5 Å². The number of carbonyl (C=O) groups excluding carboxylic acids is 2. The lowest BCUT2D eigenvalue weighted by atomic mass is 10.2. The van der Waals surface area contributed by atoms with Gasteiger partial charge in [0, 0.05) is 13.0 Å². The Bertz CT molecular complexity index is 458. The molecule has 0 unspecified atom stereocenters. The lowest BCUT2D eigenvalue weighted by Gasteiger charge is -2.23. The Hall–Kier alpha value is -2.04. The Morgan fingerprint density at radius 2 is 1.95 bits per heavy atom.